The molecule has 4 nitrogen and oxygen atoms in total. The molecule has 0 radical (unpaired) electrons. The Labute approximate surface area is 138 Å². The van der Waals surface area contributed by atoms with Gasteiger partial charge in [-0.05, 0) is 36.4 Å². The molecule has 6 heteroatoms. The number of carbonyl (C=O) groups excluding carboxylic acids is 1. The van der Waals surface area contributed by atoms with E-state index in [1.807, 2.05) is 6.07 Å². The number of hydrogen-bond donors (Lipinski definition) is 0. The fraction of sp³-hybridized carbons (Fsp3) is 0.111. The lowest BCUT2D eigenvalue weighted by molar-refractivity contribution is 0.0784. The van der Waals surface area contributed by atoms with E-state index in [4.69, 9.17) is 0 Å². The van der Waals surface area contributed by atoms with Gasteiger partial charge >= 0.3 is 0 Å². The minimum Gasteiger partial charge on any atom is -0.337 e. The van der Waals surface area contributed by atoms with Crippen molar-refractivity contribution in [2.24, 2.45) is 0 Å². The van der Waals surface area contributed by atoms with Crippen LogP contribution in [0.15, 0.2) is 60.9 Å². The summed E-state index contributed by atoms with van der Waals surface area (Å²) in [7, 11) is 1.58. The molecule has 3 aromatic rings. The van der Waals surface area contributed by atoms with E-state index in [1.54, 1.807) is 48.4 Å². The van der Waals surface area contributed by atoms with Crippen molar-refractivity contribution in [1.29, 1.82) is 0 Å². The summed E-state index contributed by atoms with van der Waals surface area (Å²) in [5.74, 6) is -1.55. The maximum absolute atomic E-state index is 13.7. The van der Waals surface area contributed by atoms with Gasteiger partial charge in [0.15, 0.2) is 0 Å². The third-order valence-electron chi connectivity index (χ3n) is 3.65. The SMILES string of the molecule is CN(Cc1ccc(F)cc1F)C(=O)c1ccc(-n2cccn2)cc1. The molecule has 0 fully saturated rings. The van der Waals surface area contributed by atoms with E-state index in [2.05, 4.69) is 5.10 Å². The lowest BCUT2D eigenvalue weighted by atomic mass is 10.1. The van der Waals surface area contributed by atoms with Crippen LogP contribution < -0.4 is 0 Å². The minimum absolute atomic E-state index is 0.0614. The van der Waals surface area contributed by atoms with Crippen LogP contribution in [-0.2, 0) is 6.54 Å². The predicted octanol–water partition coefficient (Wildman–Crippen LogP) is 3.42. The average molecular weight is 327 g/mol. The van der Waals surface area contributed by atoms with E-state index in [9.17, 15) is 13.6 Å². The van der Waals surface area contributed by atoms with E-state index in [0.717, 1.165) is 11.8 Å². The Morgan fingerprint density at radius 3 is 2.54 bits per heavy atom. The zero-order chi connectivity index (χ0) is 17.1. The Hall–Kier alpha value is -3.02. The summed E-state index contributed by atoms with van der Waals surface area (Å²) < 4.78 is 28.3. The Morgan fingerprint density at radius 2 is 1.92 bits per heavy atom. The van der Waals surface area contributed by atoms with E-state index in [0.29, 0.717) is 5.56 Å². The third-order valence-corrected chi connectivity index (χ3v) is 3.65. The first-order valence-corrected chi connectivity index (χ1v) is 7.34. The quantitative estimate of drug-likeness (QED) is 0.736. The molecule has 0 spiro atoms. The van der Waals surface area contributed by atoms with Gasteiger partial charge in [-0.25, -0.2) is 13.5 Å². The first kappa shape index (κ1) is 15.9. The molecule has 0 unspecified atom stereocenters. The van der Waals surface area contributed by atoms with Crippen LogP contribution in [0, 0.1) is 11.6 Å². The fourth-order valence-electron chi connectivity index (χ4n) is 2.38. The normalized spacial score (nSPS) is 10.6. The molecular formula is C18H15F2N3O. The summed E-state index contributed by atoms with van der Waals surface area (Å²) in [6, 6.07) is 12.1. The van der Waals surface area contributed by atoms with Crippen molar-refractivity contribution in [3.63, 3.8) is 0 Å². The van der Waals surface area contributed by atoms with Gasteiger partial charge in [0.1, 0.15) is 11.6 Å². The summed E-state index contributed by atoms with van der Waals surface area (Å²) in [6.07, 6.45) is 3.48. The molecule has 1 heterocycles. The zero-order valence-electron chi connectivity index (χ0n) is 13.0. The molecule has 1 aromatic heterocycles. The van der Waals surface area contributed by atoms with Gasteiger partial charge in [0.25, 0.3) is 5.91 Å². The Kier molecular flexibility index (Phi) is 4.37. The van der Waals surface area contributed by atoms with Crippen molar-refractivity contribution in [2.75, 3.05) is 7.05 Å². The summed E-state index contributed by atoms with van der Waals surface area (Å²) >= 11 is 0. The van der Waals surface area contributed by atoms with Crippen LogP contribution in [0.1, 0.15) is 15.9 Å². The third kappa shape index (κ3) is 3.32. The van der Waals surface area contributed by atoms with Crippen LogP contribution >= 0.6 is 0 Å². The molecule has 0 N–H and O–H groups in total. The summed E-state index contributed by atoms with van der Waals surface area (Å²) in [4.78, 5) is 13.8. The highest BCUT2D eigenvalue weighted by molar-refractivity contribution is 5.94. The maximum Gasteiger partial charge on any atom is 0.253 e. The molecular weight excluding hydrogens is 312 g/mol. The first-order valence-electron chi connectivity index (χ1n) is 7.34. The second kappa shape index (κ2) is 6.62. The first-order chi connectivity index (χ1) is 11.5. The molecule has 0 aliphatic rings. The monoisotopic (exact) mass is 327 g/mol. The molecule has 24 heavy (non-hydrogen) atoms. The van der Waals surface area contributed by atoms with Gasteiger partial charge < -0.3 is 4.90 Å². The van der Waals surface area contributed by atoms with Crippen LogP contribution in [0.2, 0.25) is 0 Å². The van der Waals surface area contributed by atoms with Gasteiger partial charge in [-0.15, -0.1) is 0 Å². The fourth-order valence-corrected chi connectivity index (χ4v) is 2.38. The van der Waals surface area contributed by atoms with E-state index in [1.165, 1.54) is 17.0 Å². The van der Waals surface area contributed by atoms with Crippen LogP contribution in [0.3, 0.4) is 0 Å². The molecule has 3 rings (SSSR count). The average Bonchev–Trinajstić information content (AvgIpc) is 3.11. The van der Waals surface area contributed by atoms with Crippen molar-refractivity contribution < 1.29 is 13.6 Å². The summed E-state index contributed by atoms with van der Waals surface area (Å²) in [6.45, 7) is 0.0614. The van der Waals surface area contributed by atoms with Crippen LogP contribution in [0.5, 0.6) is 0 Å². The van der Waals surface area contributed by atoms with E-state index in [-0.39, 0.29) is 18.0 Å². The molecule has 122 valence electrons. The maximum atomic E-state index is 13.7. The number of aromatic nitrogens is 2. The highest BCUT2D eigenvalue weighted by Gasteiger charge is 2.14. The van der Waals surface area contributed by atoms with Crippen molar-refractivity contribution in [2.45, 2.75) is 6.54 Å². The van der Waals surface area contributed by atoms with Crippen molar-refractivity contribution in [3.8, 4) is 5.69 Å². The second-order valence-electron chi connectivity index (χ2n) is 5.39. The second-order valence-corrected chi connectivity index (χ2v) is 5.39. The van der Waals surface area contributed by atoms with Gasteiger partial charge in [-0.2, -0.15) is 5.10 Å². The topological polar surface area (TPSA) is 38.1 Å². The smallest absolute Gasteiger partial charge is 0.253 e. The lowest BCUT2D eigenvalue weighted by Gasteiger charge is -2.18. The number of benzene rings is 2. The number of amides is 1. The van der Waals surface area contributed by atoms with Crippen LogP contribution in [-0.4, -0.2) is 27.6 Å². The molecule has 2 aromatic carbocycles. The molecule has 0 aliphatic carbocycles. The zero-order valence-corrected chi connectivity index (χ0v) is 13.0. The van der Waals surface area contributed by atoms with E-state index < -0.39 is 11.6 Å². The molecule has 0 atom stereocenters. The number of halogens is 2. The highest BCUT2D eigenvalue weighted by atomic mass is 19.1. The van der Waals surface area contributed by atoms with Gasteiger partial charge in [0, 0.05) is 43.2 Å². The molecule has 0 aliphatic heterocycles. The number of nitrogens with zero attached hydrogens (tertiary/aromatic N) is 3. The Bertz CT molecular complexity index is 845. The standard InChI is InChI=1S/C18H15F2N3O/c1-22(12-14-3-6-15(19)11-17(14)20)18(24)13-4-7-16(8-5-13)23-10-2-9-21-23/h2-11H,12H2,1H3. The van der Waals surface area contributed by atoms with E-state index >= 15 is 0 Å². The summed E-state index contributed by atoms with van der Waals surface area (Å²) in [5, 5.41) is 4.12. The van der Waals surface area contributed by atoms with Crippen molar-refractivity contribution in [3.05, 3.63) is 83.7 Å². The van der Waals surface area contributed by atoms with Crippen molar-refractivity contribution in [1.82, 2.24) is 14.7 Å². The van der Waals surface area contributed by atoms with Crippen molar-refractivity contribution >= 4 is 5.91 Å². The van der Waals surface area contributed by atoms with Gasteiger partial charge in [0.05, 0.1) is 5.69 Å². The van der Waals surface area contributed by atoms with Gasteiger partial charge in [0.2, 0.25) is 0 Å². The van der Waals surface area contributed by atoms with Crippen LogP contribution in [0.4, 0.5) is 8.78 Å². The number of rotatable bonds is 4. The van der Waals surface area contributed by atoms with Gasteiger partial charge in [-0.3, -0.25) is 4.79 Å². The molecule has 0 saturated carbocycles. The van der Waals surface area contributed by atoms with Gasteiger partial charge in [-0.1, -0.05) is 6.07 Å². The van der Waals surface area contributed by atoms with Crippen LogP contribution in [0.25, 0.3) is 5.69 Å². The summed E-state index contributed by atoms with van der Waals surface area (Å²) in [5.41, 5.74) is 1.58. The molecule has 0 bridgehead atoms. The lowest BCUT2D eigenvalue weighted by Crippen LogP contribution is -2.26. The Balaban J connectivity index is 1.73. The molecule has 1 amide bonds. The number of hydrogen-bond acceptors (Lipinski definition) is 2. The minimum atomic E-state index is -0.663. The Morgan fingerprint density at radius 1 is 1.17 bits per heavy atom. The predicted molar refractivity (Wildman–Crippen MR) is 85.7 cm³/mol. The molecule has 0 saturated heterocycles. The highest BCUT2D eigenvalue weighted by Crippen LogP contribution is 2.15. The number of carbonyl (C=O) groups is 1. The largest absolute Gasteiger partial charge is 0.337 e.